The van der Waals surface area contributed by atoms with E-state index in [4.69, 9.17) is 14.2 Å². The van der Waals surface area contributed by atoms with Crippen LogP contribution in [0.1, 0.15) is 348 Å². The molecule has 11 nitrogen and oxygen atoms in total. The molecular formula is C72H135NO10. The highest BCUT2D eigenvalue weighted by molar-refractivity contribution is 5.80. The van der Waals surface area contributed by atoms with Crippen molar-refractivity contribution < 1.29 is 49.3 Å². The number of hydrogen-bond donors (Lipinski definition) is 6. The fourth-order valence-electron chi connectivity index (χ4n) is 11.4. The first-order valence-electron chi connectivity index (χ1n) is 35.8. The monoisotopic (exact) mass is 1170 g/mol. The van der Waals surface area contributed by atoms with Crippen LogP contribution in [0.3, 0.4) is 0 Å². The summed E-state index contributed by atoms with van der Waals surface area (Å²) in [6, 6.07) is -1.03. The molecule has 0 saturated carbocycles. The highest BCUT2D eigenvalue weighted by Crippen LogP contribution is 2.26. The Hall–Kier alpha value is -2.12. The van der Waals surface area contributed by atoms with Crippen LogP contribution in [0.2, 0.25) is 0 Å². The number of ether oxygens (including phenoxy) is 3. The van der Waals surface area contributed by atoms with Crippen molar-refractivity contribution in [1.29, 1.82) is 0 Å². The maximum Gasteiger partial charge on any atom is 0.306 e. The smallest absolute Gasteiger partial charge is 0.306 e. The quantitative estimate of drug-likeness (QED) is 0.0195. The first-order valence-corrected chi connectivity index (χ1v) is 35.8. The Bertz CT molecular complexity index is 1490. The van der Waals surface area contributed by atoms with Gasteiger partial charge in [-0.05, 0) is 57.8 Å². The molecule has 0 spiro atoms. The molecule has 0 aromatic heterocycles. The highest BCUT2D eigenvalue weighted by atomic mass is 16.7. The minimum atomic E-state index is -1.61. The molecular weight excluding hydrogens is 1040 g/mol. The Balaban J connectivity index is 2.50. The topological polar surface area (TPSA) is 175 Å². The third-order valence-electron chi connectivity index (χ3n) is 17.0. The van der Waals surface area contributed by atoms with Gasteiger partial charge in [-0.1, -0.05) is 320 Å². The maximum atomic E-state index is 13.4. The molecule has 0 bridgehead atoms. The molecule has 1 heterocycles. The number of unbranched alkanes of at least 4 members (excludes halogenated alkanes) is 44. The molecule has 8 atom stereocenters. The van der Waals surface area contributed by atoms with Gasteiger partial charge in [-0.2, -0.15) is 0 Å². The van der Waals surface area contributed by atoms with Crippen LogP contribution < -0.4 is 5.32 Å². The second kappa shape index (κ2) is 60.2. The summed E-state index contributed by atoms with van der Waals surface area (Å²) in [6.45, 7) is 5.80. The standard InChI is InChI=1S/C72H135NO10/c1-4-7-10-13-16-19-22-24-26-28-29-30-31-32-33-34-35-36-37-38-40-42-45-48-51-54-57-60-67(77)83-70-69(79)68(78)66(61-74)82-72(70)81-62-63(64(75)58-55-52-49-46-43-21-18-15-12-9-6-3)73-71(80)65(76)59-56-53-50-47-44-41-39-27-25-23-20-17-14-11-8-5-2/h17,20,25,27,55,58,63-66,68-70,72,74-76,78-79H,4-16,18-19,21-24,26,28-54,56-57,59-62H2,1-3H3,(H,73,80)/b20-17-,27-25-,58-55+. The highest BCUT2D eigenvalue weighted by Gasteiger charge is 2.47. The summed E-state index contributed by atoms with van der Waals surface area (Å²) in [7, 11) is 0. The average Bonchev–Trinajstić information content (AvgIpc) is 3.52. The first-order chi connectivity index (χ1) is 40.7. The minimum absolute atomic E-state index is 0.128. The molecule has 1 aliphatic heterocycles. The number of hydrogen-bond acceptors (Lipinski definition) is 10. The predicted octanol–water partition coefficient (Wildman–Crippen LogP) is 18.2. The molecule has 0 aliphatic carbocycles. The van der Waals surface area contributed by atoms with Gasteiger partial charge in [-0.25, -0.2) is 0 Å². The van der Waals surface area contributed by atoms with E-state index in [0.29, 0.717) is 12.8 Å². The number of aliphatic hydroxyl groups excluding tert-OH is 5. The van der Waals surface area contributed by atoms with Crippen molar-refractivity contribution in [3.63, 3.8) is 0 Å². The lowest BCUT2D eigenvalue weighted by atomic mass is 9.99. The van der Waals surface area contributed by atoms with E-state index in [1.54, 1.807) is 6.08 Å². The summed E-state index contributed by atoms with van der Waals surface area (Å²) in [6.07, 6.45) is 63.5. The van der Waals surface area contributed by atoms with Crippen molar-refractivity contribution in [2.24, 2.45) is 0 Å². The van der Waals surface area contributed by atoms with Crippen LogP contribution in [0.25, 0.3) is 0 Å². The normalized spacial score (nSPS) is 18.7. The van der Waals surface area contributed by atoms with Crippen molar-refractivity contribution in [3.8, 4) is 0 Å². The Labute approximate surface area is 511 Å². The zero-order valence-electron chi connectivity index (χ0n) is 54.3. The van der Waals surface area contributed by atoms with E-state index in [1.807, 2.05) is 6.08 Å². The first kappa shape index (κ1) is 78.9. The second-order valence-electron chi connectivity index (χ2n) is 25.0. The van der Waals surface area contributed by atoms with Crippen LogP contribution in [0.4, 0.5) is 0 Å². The second-order valence-corrected chi connectivity index (χ2v) is 25.0. The number of amides is 1. The lowest BCUT2D eigenvalue weighted by molar-refractivity contribution is -0.305. The Kier molecular flexibility index (Phi) is 57.2. The van der Waals surface area contributed by atoms with Gasteiger partial charge in [0.05, 0.1) is 25.4 Å². The van der Waals surface area contributed by atoms with Gasteiger partial charge in [0, 0.05) is 6.42 Å². The summed E-state index contributed by atoms with van der Waals surface area (Å²) in [5.41, 5.74) is 0. The minimum Gasteiger partial charge on any atom is -0.454 e. The number of carbonyl (C=O) groups is 2. The van der Waals surface area contributed by atoms with Gasteiger partial charge in [0.1, 0.15) is 24.4 Å². The maximum absolute atomic E-state index is 13.4. The molecule has 6 N–H and O–H groups in total. The third-order valence-corrected chi connectivity index (χ3v) is 17.0. The summed E-state index contributed by atoms with van der Waals surface area (Å²) in [5, 5.41) is 57.1. The van der Waals surface area contributed by atoms with Crippen LogP contribution in [0, 0.1) is 0 Å². The molecule has 1 aliphatic rings. The molecule has 1 fully saturated rings. The van der Waals surface area contributed by atoms with Crippen LogP contribution in [-0.2, 0) is 23.8 Å². The van der Waals surface area contributed by atoms with E-state index in [0.717, 1.165) is 83.5 Å². The van der Waals surface area contributed by atoms with Gasteiger partial charge < -0.3 is 45.1 Å². The number of nitrogens with one attached hydrogen (secondary N) is 1. The van der Waals surface area contributed by atoms with E-state index in [9.17, 15) is 35.1 Å². The van der Waals surface area contributed by atoms with E-state index in [1.165, 1.54) is 218 Å². The molecule has 0 aromatic rings. The number of rotatable bonds is 62. The number of aliphatic hydroxyl groups is 5. The molecule has 11 heteroatoms. The van der Waals surface area contributed by atoms with Gasteiger partial charge in [-0.3, -0.25) is 9.59 Å². The molecule has 1 rings (SSSR count). The van der Waals surface area contributed by atoms with Crippen LogP contribution >= 0.6 is 0 Å². The summed E-state index contributed by atoms with van der Waals surface area (Å²) < 4.78 is 17.7. The lowest BCUT2D eigenvalue weighted by Gasteiger charge is -2.41. The Morgan fingerprint density at radius 2 is 0.831 bits per heavy atom. The van der Waals surface area contributed by atoms with Crippen LogP contribution in [-0.4, -0.2) is 99.6 Å². The van der Waals surface area contributed by atoms with Crippen molar-refractivity contribution in [2.45, 2.75) is 397 Å². The number of carbonyl (C=O) groups excluding carboxylic acids is 2. The van der Waals surface area contributed by atoms with Gasteiger partial charge in [0.25, 0.3) is 0 Å². The van der Waals surface area contributed by atoms with Crippen molar-refractivity contribution in [1.82, 2.24) is 5.32 Å². The molecule has 1 saturated heterocycles. The van der Waals surface area contributed by atoms with Crippen molar-refractivity contribution >= 4 is 11.9 Å². The summed E-state index contributed by atoms with van der Waals surface area (Å²) >= 11 is 0. The SMILES string of the molecule is CCCCC/C=C\C/C=C\CCCCCCCCC(O)C(=O)NC(COC1OC(CO)C(O)C(O)C1OC(=O)CCCCCCCCCCCCCCCCCCCCCCCCCCCCC)C(O)/C=C/CCCCCCCCCCC. The molecule has 0 aromatic carbocycles. The molecule has 8 unspecified atom stereocenters. The molecule has 0 radical (unpaired) electrons. The fraction of sp³-hybridized carbons (Fsp3) is 0.889. The zero-order valence-corrected chi connectivity index (χ0v) is 54.3. The average molecular weight is 1170 g/mol. The fourth-order valence-corrected chi connectivity index (χ4v) is 11.4. The Morgan fingerprint density at radius 1 is 0.470 bits per heavy atom. The van der Waals surface area contributed by atoms with Gasteiger partial charge in [-0.15, -0.1) is 0 Å². The predicted molar refractivity (Wildman–Crippen MR) is 347 cm³/mol. The third kappa shape index (κ3) is 47.6. The van der Waals surface area contributed by atoms with E-state index in [-0.39, 0.29) is 19.4 Å². The van der Waals surface area contributed by atoms with Gasteiger partial charge in [0.2, 0.25) is 5.91 Å². The molecule has 488 valence electrons. The van der Waals surface area contributed by atoms with Crippen LogP contribution in [0.15, 0.2) is 36.5 Å². The molecule has 83 heavy (non-hydrogen) atoms. The zero-order chi connectivity index (χ0) is 60.3. The van der Waals surface area contributed by atoms with Crippen LogP contribution in [0.5, 0.6) is 0 Å². The number of esters is 1. The van der Waals surface area contributed by atoms with Crippen molar-refractivity contribution in [2.75, 3.05) is 13.2 Å². The van der Waals surface area contributed by atoms with E-state index >= 15 is 0 Å². The molecule has 1 amide bonds. The van der Waals surface area contributed by atoms with Gasteiger partial charge in [0.15, 0.2) is 12.4 Å². The van der Waals surface area contributed by atoms with Gasteiger partial charge >= 0.3 is 5.97 Å². The summed E-state index contributed by atoms with van der Waals surface area (Å²) in [5.74, 6) is -1.19. The Morgan fingerprint density at radius 3 is 1.25 bits per heavy atom. The van der Waals surface area contributed by atoms with Crippen molar-refractivity contribution in [3.05, 3.63) is 36.5 Å². The van der Waals surface area contributed by atoms with E-state index < -0.39 is 67.4 Å². The lowest BCUT2D eigenvalue weighted by Crippen LogP contribution is -2.61. The number of allylic oxidation sites excluding steroid dienone is 5. The van der Waals surface area contributed by atoms with E-state index in [2.05, 4.69) is 50.4 Å². The summed E-state index contributed by atoms with van der Waals surface area (Å²) in [4.78, 5) is 26.6. The largest absolute Gasteiger partial charge is 0.454 e.